The number of rotatable bonds is 4. The van der Waals surface area contributed by atoms with Crippen LogP contribution in [0.4, 0.5) is 4.79 Å². The molecule has 3 nitrogen and oxygen atoms in total. The summed E-state index contributed by atoms with van der Waals surface area (Å²) >= 11 is 1.60. The Kier molecular flexibility index (Phi) is 5.45. The standard InChI is InChI=1S/C11H14INO2/c1-13(11(14)15-12)9-5-8-10-6-3-2-4-7-10/h2-4,6-7H,5,8-9H2,1H3. The van der Waals surface area contributed by atoms with Gasteiger partial charge in [-0.2, -0.15) is 0 Å². The van der Waals surface area contributed by atoms with Gasteiger partial charge in [-0.15, -0.1) is 0 Å². The SMILES string of the molecule is CN(CCCc1ccccc1)C(=O)OI. The fourth-order valence-electron chi connectivity index (χ4n) is 1.32. The number of benzene rings is 1. The van der Waals surface area contributed by atoms with Crippen LogP contribution in [-0.2, 0) is 9.49 Å². The van der Waals surface area contributed by atoms with Crippen LogP contribution in [0, 0.1) is 0 Å². The van der Waals surface area contributed by atoms with Crippen molar-refractivity contribution in [3.8, 4) is 0 Å². The lowest BCUT2D eigenvalue weighted by Gasteiger charge is -2.13. The molecule has 0 aliphatic heterocycles. The summed E-state index contributed by atoms with van der Waals surface area (Å²) in [5, 5.41) is 0. The van der Waals surface area contributed by atoms with Crippen LogP contribution in [0.25, 0.3) is 0 Å². The molecule has 0 saturated heterocycles. The van der Waals surface area contributed by atoms with Crippen molar-refractivity contribution in [3.05, 3.63) is 35.9 Å². The summed E-state index contributed by atoms with van der Waals surface area (Å²) in [4.78, 5) is 12.6. The molecule has 1 amide bonds. The molecule has 0 radical (unpaired) electrons. The minimum absolute atomic E-state index is 0.288. The molecule has 0 aliphatic rings. The van der Waals surface area contributed by atoms with Crippen LogP contribution in [0.15, 0.2) is 30.3 Å². The maximum atomic E-state index is 11.1. The molecular weight excluding hydrogens is 305 g/mol. The average Bonchev–Trinajstić information content (AvgIpc) is 2.29. The predicted octanol–water partition coefficient (Wildman–Crippen LogP) is 3.04. The first-order chi connectivity index (χ1) is 7.24. The van der Waals surface area contributed by atoms with Gasteiger partial charge in [0.05, 0.1) is 0 Å². The van der Waals surface area contributed by atoms with E-state index < -0.39 is 0 Å². The van der Waals surface area contributed by atoms with Gasteiger partial charge in [0.2, 0.25) is 0 Å². The zero-order valence-electron chi connectivity index (χ0n) is 8.65. The number of aryl methyl sites for hydroxylation is 1. The van der Waals surface area contributed by atoms with Gasteiger partial charge < -0.3 is 7.97 Å². The van der Waals surface area contributed by atoms with E-state index in [0.717, 1.165) is 19.4 Å². The predicted molar refractivity (Wildman–Crippen MR) is 67.9 cm³/mol. The van der Waals surface area contributed by atoms with Gasteiger partial charge in [-0.3, -0.25) is 0 Å². The van der Waals surface area contributed by atoms with Crippen molar-refractivity contribution in [2.75, 3.05) is 13.6 Å². The van der Waals surface area contributed by atoms with Crippen molar-refractivity contribution in [2.45, 2.75) is 12.8 Å². The molecule has 1 rings (SSSR count). The monoisotopic (exact) mass is 319 g/mol. The lowest BCUT2D eigenvalue weighted by atomic mass is 10.1. The molecule has 4 heteroatoms. The zero-order valence-corrected chi connectivity index (χ0v) is 10.8. The van der Waals surface area contributed by atoms with Crippen LogP contribution in [0.2, 0.25) is 0 Å². The molecule has 15 heavy (non-hydrogen) atoms. The van der Waals surface area contributed by atoms with Crippen molar-refractivity contribution in [3.63, 3.8) is 0 Å². The Bertz CT molecular complexity index is 303. The van der Waals surface area contributed by atoms with Gasteiger partial charge in [-0.1, -0.05) is 30.3 Å². The summed E-state index contributed by atoms with van der Waals surface area (Å²) in [6.45, 7) is 0.719. The summed E-state index contributed by atoms with van der Waals surface area (Å²) in [5.41, 5.74) is 1.30. The quantitative estimate of drug-likeness (QED) is 0.799. The molecule has 1 aromatic rings. The van der Waals surface area contributed by atoms with E-state index in [0.29, 0.717) is 0 Å². The third-order valence-electron chi connectivity index (χ3n) is 2.18. The number of carbonyl (C=O) groups excluding carboxylic acids is 1. The van der Waals surface area contributed by atoms with Crippen LogP contribution < -0.4 is 0 Å². The van der Waals surface area contributed by atoms with Crippen molar-refractivity contribution in [1.29, 1.82) is 0 Å². The van der Waals surface area contributed by atoms with Gasteiger partial charge in [0.1, 0.15) is 0 Å². The largest absolute Gasteiger partial charge is 0.419 e. The summed E-state index contributed by atoms with van der Waals surface area (Å²) in [7, 11) is 1.74. The maximum Gasteiger partial charge on any atom is 0.419 e. The first kappa shape index (κ1) is 12.3. The summed E-state index contributed by atoms with van der Waals surface area (Å²) < 4.78 is 4.57. The number of hydrogen-bond donors (Lipinski definition) is 0. The maximum absolute atomic E-state index is 11.1. The molecule has 0 fully saturated rings. The second kappa shape index (κ2) is 6.66. The molecule has 1 aromatic carbocycles. The smallest absolute Gasteiger partial charge is 0.378 e. The van der Waals surface area contributed by atoms with Crippen molar-refractivity contribution >= 4 is 29.1 Å². The van der Waals surface area contributed by atoms with E-state index in [1.165, 1.54) is 5.56 Å². The van der Waals surface area contributed by atoms with E-state index in [9.17, 15) is 4.79 Å². The summed E-state index contributed by atoms with van der Waals surface area (Å²) in [6, 6.07) is 10.2. The number of amides is 1. The van der Waals surface area contributed by atoms with Crippen molar-refractivity contribution < 1.29 is 7.86 Å². The van der Waals surface area contributed by atoms with Crippen molar-refractivity contribution in [2.24, 2.45) is 0 Å². The third-order valence-corrected chi connectivity index (χ3v) is 2.56. The van der Waals surface area contributed by atoms with E-state index in [4.69, 9.17) is 0 Å². The first-order valence-electron chi connectivity index (χ1n) is 4.81. The number of halogens is 1. The molecule has 82 valence electrons. The fourth-order valence-corrected chi connectivity index (χ4v) is 1.65. The highest BCUT2D eigenvalue weighted by Crippen LogP contribution is 2.04. The number of carbonyl (C=O) groups is 1. The lowest BCUT2D eigenvalue weighted by Crippen LogP contribution is -2.26. The second-order valence-electron chi connectivity index (χ2n) is 3.35. The van der Waals surface area contributed by atoms with Gasteiger partial charge in [0.25, 0.3) is 0 Å². The average molecular weight is 319 g/mol. The Labute approximate surface area is 104 Å². The number of hydrogen-bond acceptors (Lipinski definition) is 2. The topological polar surface area (TPSA) is 29.5 Å². The van der Waals surface area contributed by atoms with Crippen LogP contribution in [0.3, 0.4) is 0 Å². The van der Waals surface area contributed by atoms with Crippen LogP contribution >= 0.6 is 23.0 Å². The summed E-state index contributed by atoms with van der Waals surface area (Å²) in [6.07, 6.45) is 1.65. The minimum atomic E-state index is -0.288. The van der Waals surface area contributed by atoms with E-state index in [2.05, 4.69) is 15.2 Å². The normalized spacial score (nSPS) is 9.73. The molecule has 0 aliphatic carbocycles. The molecule has 0 atom stereocenters. The molecule has 0 N–H and O–H groups in total. The highest BCUT2D eigenvalue weighted by atomic mass is 127. The second-order valence-corrected chi connectivity index (χ2v) is 3.79. The molecule has 0 unspecified atom stereocenters. The lowest BCUT2D eigenvalue weighted by molar-refractivity contribution is 0.177. The van der Waals surface area contributed by atoms with Gasteiger partial charge in [0.15, 0.2) is 23.0 Å². The van der Waals surface area contributed by atoms with Crippen LogP contribution in [0.5, 0.6) is 0 Å². The van der Waals surface area contributed by atoms with E-state index >= 15 is 0 Å². The minimum Gasteiger partial charge on any atom is -0.378 e. The summed E-state index contributed by atoms with van der Waals surface area (Å²) in [5.74, 6) is 0. The van der Waals surface area contributed by atoms with Gasteiger partial charge in [-0.05, 0) is 18.4 Å². The van der Waals surface area contributed by atoms with Gasteiger partial charge in [-0.25, -0.2) is 4.79 Å². The Morgan fingerprint density at radius 1 is 1.40 bits per heavy atom. The van der Waals surface area contributed by atoms with E-state index in [1.54, 1.807) is 35.0 Å². The highest BCUT2D eigenvalue weighted by Gasteiger charge is 2.07. The molecule has 0 bridgehead atoms. The fraction of sp³-hybridized carbons (Fsp3) is 0.364. The molecular formula is C11H14INO2. The Morgan fingerprint density at radius 3 is 2.67 bits per heavy atom. The van der Waals surface area contributed by atoms with Gasteiger partial charge in [0, 0.05) is 13.6 Å². The molecule has 0 heterocycles. The zero-order chi connectivity index (χ0) is 11.1. The van der Waals surface area contributed by atoms with Crippen LogP contribution in [0.1, 0.15) is 12.0 Å². The first-order valence-corrected chi connectivity index (χ1v) is 5.69. The van der Waals surface area contributed by atoms with Gasteiger partial charge >= 0.3 is 6.09 Å². The Balaban J connectivity index is 2.25. The highest BCUT2D eigenvalue weighted by molar-refractivity contribution is 14.1. The van der Waals surface area contributed by atoms with E-state index in [1.807, 2.05) is 18.2 Å². The molecule has 0 spiro atoms. The Morgan fingerprint density at radius 2 is 2.07 bits per heavy atom. The van der Waals surface area contributed by atoms with Crippen LogP contribution in [-0.4, -0.2) is 24.6 Å². The van der Waals surface area contributed by atoms with Crippen molar-refractivity contribution in [1.82, 2.24) is 4.90 Å². The number of nitrogens with zero attached hydrogens (tertiary/aromatic N) is 1. The molecule has 0 aromatic heterocycles. The van der Waals surface area contributed by atoms with E-state index in [-0.39, 0.29) is 6.09 Å². The third kappa shape index (κ3) is 4.51. The Hall–Kier alpha value is -0.780. The molecule has 0 saturated carbocycles.